The second-order valence-corrected chi connectivity index (χ2v) is 6.99. The van der Waals surface area contributed by atoms with Gasteiger partial charge in [0.1, 0.15) is 5.00 Å². The highest BCUT2D eigenvalue weighted by Gasteiger charge is 2.36. The van der Waals surface area contributed by atoms with Crippen molar-refractivity contribution in [1.29, 1.82) is 0 Å². The maximum Gasteiger partial charge on any atom is 0.341 e. The van der Waals surface area contributed by atoms with Crippen molar-refractivity contribution in [1.82, 2.24) is 0 Å². The Bertz CT molecular complexity index is 624. The molecule has 1 amide bonds. The number of amides is 1. The number of carboxylic acids is 1. The molecule has 7 heteroatoms. The molecular weight excluding hydrogens is 330 g/mol. The van der Waals surface area contributed by atoms with E-state index in [9.17, 15) is 19.5 Å². The van der Waals surface area contributed by atoms with Gasteiger partial charge in [0, 0.05) is 4.88 Å². The van der Waals surface area contributed by atoms with Gasteiger partial charge in [0.25, 0.3) is 0 Å². The number of hydrogen-bond acceptors (Lipinski definition) is 5. The van der Waals surface area contributed by atoms with Gasteiger partial charge in [-0.05, 0) is 32.3 Å². The van der Waals surface area contributed by atoms with Gasteiger partial charge in [-0.3, -0.25) is 9.59 Å². The van der Waals surface area contributed by atoms with Crippen LogP contribution in [0.25, 0.3) is 0 Å². The fraction of sp³-hybridized carbons (Fsp3) is 0.588. The lowest BCUT2D eigenvalue weighted by Crippen LogP contribution is -2.36. The Hall–Kier alpha value is -1.89. The molecule has 2 N–H and O–H groups in total. The van der Waals surface area contributed by atoms with Gasteiger partial charge in [-0.15, -0.1) is 11.3 Å². The fourth-order valence-electron chi connectivity index (χ4n) is 3.01. The van der Waals surface area contributed by atoms with E-state index in [0.717, 1.165) is 24.1 Å². The highest BCUT2D eigenvalue weighted by molar-refractivity contribution is 7.16. The molecule has 0 radical (unpaired) electrons. The molecule has 0 bridgehead atoms. The van der Waals surface area contributed by atoms with E-state index >= 15 is 0 Å². The minimum atomic E-state index is -0.930. The van der Waals surface area contributed by atoms with E-state index in [0.29, 0.717) is 23.4 Å². The normalized spacial score (nSPS) is 20.4. The molecular formula is C17H23NO5S. The van der Waals surface area contributed by atoms with Gasteiger partial charge in [0.05, 0.1) is 24.0 Å². The summed E-state index contributed by atoms with van der Waals surface area (Å²) in [7, 11) is 0. The topological polar surface area (TPSA) is 92.7 Å². The van der Waals surface area contributed by atoms with Crippen LogP contribution >= 0.6 is 11.3 Å². The van der Waals surface area contributed by atoms with Crippen LogP contribution in [0.3, 0.4) is 0 Å². The highest BCUT2D eigenvalue weighted by atomic mass is 32.1. The molecule has 0 spiro atoms. The lowest BCUT2D eigenvalue weighted by molar-refractivity contribution is -0.147. The summed E-state index contributed by atoms with van der Waals surface area (Å²) in [5, 5.41) is 12.6. The van der Waals surface area contributed by atoms with Gasteiger partial charge in [-0.2, -0.15) is 0 Å². The van der Waals surface area contributed by atoms with Crippen molar-refractivity contribution in [3.05, 3.63) is 16.5 Å². The number of ether oxygens (including phenoxy) is 1. The molecule has 1 fully saturated rings. The molecule has 1 aromatic heterocycles. The summed E-state index contributed by atoms with van der Waals surface area (Å²) >= 11 is 1.34. The summed E-state index contributed by atoms with van der Waals surface area (Å²) in [6.07, 6.45) is 3.49. The van der Waals surface area contributed by atoms with Gasteiger partial charge in [-0.25, -0.2) is 4.79 Å². The Kier molecular flexibility index (Phi) is 6.36. The van der Waals surface area contributed by atoms with Gasteiger partial charge in [0.2, 0.25) is 5.91 Å². The van der Waals surface area contributed by atoms with Crippen LogP contribution in [0, 0.1) is 11.8 Å². The fourth-order valence-corrected chi connectivity index (χ4v) is 4.00. The summed E-state index contributed by atoms with van der Waals surface area (Å²) < 4.78 is 5.04. The molecule has 0 aliphatic heterocycles. The summed E-state index contributed by atoms with van der Waals surface area (Å²) in [5.41, 5.74) is 0.342. The molecule has 24 heavy (non-hydrogen) atoms. The molecule has 2 rings (SSSR count). The first-order chi connectivity index (χ1) is 11.5. The second-order valence-electron chi connectivity index (χ2n) is 5.85. The Morgan fingerprint density at radius 2 is 1.92 bits per heavy atom. The van der Waals surface area contributed by atoms with Crippen molar-refractivity contribution in [2.24, 2.45) is 11.8 Å². The van der Waals surface area contributed by atoms with Gasteiger partial charge in [0.15, 0.2) is 0 Å². The maximum atomic E-state index is 12.6. The van der Waals surface area contributed by atoms with E-state index in [2.05, 4.69) is 5.32 Å². The van der Waals surface area contributed by atoms with Crippen LogP contribution in [0.15, 0.2) is 6.07 Å². The predicted molar refractivity (Wildman–Crippen MR) is 91.4 cm³/mol. The summed E-state index contributed by atoms with van der Waals surface area (Å²) in [4.78, 5) is 37.0. The number of thiophene rings is 1. The SMILES string of the molecule is CCOC(=O)c1cc(CC)sc1NC(=O)C1CCCCC1C(=O)O. The van der Waals surface area contributed by atoms with E-state index in [4.69, 9.17) is 4.74 Å². The number of hydrogen-bond donors (Lipinski definition) is 2. The zero-order valence-electron chi connectivity index (χ0n) is 14.0. The first-order valence-electron chi connectivity index (χ1n) is 8.31. The number of nitrogens with one attached hydrogen (secondary N) is 1. The minimum Gasteiger partial charge on any atom is -0.481 e. The van der Waals surface area contributed by atoms with Gasteiger partial charge in [-0.1, -0.05) is 19.8 Å². The molecule has 1 aromatic rings. The van der Waals surface area contributed by atoms with Gasteiger partial charge < -0.3 is 15.2 Å². The van der Waals surface area contributed by atoms with Crippen molar-refractivity contribution in [3.63, 3.8) is 0 Å². The molecule has 1 heterocycles. The van der Waals surface area contributed by atoms with Crippen molar-refractivity contribution in [2.45, 2.75) is 46.0 Å². The average Bonchev–Trinajstić information content (AvgIpc) is 2.98. The Morgan fingerprint density at radius 1 is 1.25 bits per heavy atom. The van der Waals surface area contributed by atoms with E-state index in [1.54, 1.807) is 13.0 Å². The Labute approximate surface area is 145 Å². The minimum absolute atomic E-state index is 0.257. The first-order valence-corrected chi connectivity index (χ1v) is 9.13. The third-order valence-corrected chi connectivity index (χ3v) is 5.48. The quantitative estimate of drug-likeness (QED) is 0.765. The number of anilines is 1. The van der Waals surface area contributed by atoms with Crippen LogP contribution < -0.4 is 5.32 Å². The van der Waals surface area contributed by atoms with Crippen molar-refractivity contribution in [3.8, 4) is 0 Å². The van der Waals surface area contributed by atoms with Crippen LogP contribution in [0.5, 0.6) is 0 Å². The molecule has 132 valence electrons. The van der Waals surface area contributed by atoms with Crippen molar-refractivity contribution < 1.29 is 24.2 Å². The molecule has 6 nitrogen and oxygen atoms in total. The highest BCUT2D eigenvalue weighted by Crippen LogP contribution is 2.34. The predicted octanol–water partition coefficient (Wildman–Crippen LogP) is 3.32. The van der Waals surface area contributed by atoms with E-state index in [1.807, 2.05) is 6.92 Å². The lowest BCUT2D eigenvalue weighted by Gasteiger charge is -2.27. The Morgan fingerprint density at radius 3 is 2.50 bits per heavy atom. The molecule has 1 saturated carbocycles. The zero-order chi connectivity index (χ0) is 17.7. The largest absolute Gasteiger partial charge is 0.481 e. The second kappa shape index (κ2) is 8.28. The number of rotatable bonds is 6. The van der Waals surface area contributed by atoms with E-state index in [1.165, 1.54) is 11.3 Å². The van der Waals surface area contributed by atoms with Crippen LogP contribution in [0.2, 0.25) is 0 Å². The van der Waals surface area contributed by atoms with E-state index < -0.39 is 23.8 Å². The standard InChI is InChI=1S/C17H23NO5S/c1-3-10-9-13(17(22)23-4-2)15(24-10)18-14(19)11-7-5-6-8-12(11)16(20)21/h9,11-12H,3-8H2,1-2H3,(H,18,19)(H,20,21). The molecule has 2 atom stereocenters. The number of aryl methyl sites for hydroxylation is 1. The average molecular weight is 353 g/mol. The number of carbonyl (C=O) groups is 3. The number of carboxylic acid groups (broad SMARTS) is 1. The summed E-state index contributed by atoms with van der Waals surface area (Å²) in [5.74, 6) is -2.94. The zero-order valence-corrected chi connectivity index (χ0v) is 14.8. The molecule has 1 aliphatic carbocycles. The Balaban J connectivity index is 2.19. The lowest BCUT2D eigenvalue weighted by atomic mass is 9.79. The first kappa shape index (κ1) is 18.4. The number of aliphatic carboxylic acids is 1. The number of carbonyl (C=O) groups excluding carboxylic acids is 2. The van der Waals surface area contributed by atoms with Crippen LogP contribution in [0.1, 0.15) is 54.8 Å². The molecule has 0 aromatic carbocycles. The van der Waals surface area contributed by atoms with Crippen LogP contribution in [0.4, 0.5) is 5.00 Å². The maximum absolute atomic E-state index is 12.6. The summed E-state index contributed by atoms with van der Waals surface area (Å²) in [6, 6.07) is 1.73. The van der Waals surface area contributed by atoms with E-state index in [-0.39, 0.29) is 12.5 Å². The third-order valence-electron chi connectivity index (χ3n) is 4.28. The summed E-state index contributed by atoms with van der Waals surface area (Å²) in [6.45, 7) is 3.95. The van der Waals surface area contributed by atoms with Crippen LogP contribution in [-0.2, 0) is 20.7 Å². The molecule has 2 unspecified atom stereocenters. The monoisotopic (exact) mass is 353 g/mol. The smallest absolute Gasteiger partial charge is 0.341 e. The number of esters is 1. The molecule has 1 aliphatic rings. The van der Waals surface area contributed by atoms with Crippen molar-refractivity contribution >= 4 is 34.2 Å². The van der Waals surface area contributed by atoms with Gasteiger partial charge >= 0.3 is 11.9 Å². The molecule has 0 saturated heterocycles. The third kappa shape index (κ3) is 4.14. The van der Waals surface area contributed by atoms with Crippen LogP contribution in [-0.4, -0.2) is 29.6 Å². The van der Waals surface area contributed by atoms with Crippen molar-refractivity contribution in [2.75, 3.05) is 11.9 Å².